The molecule has 0 aromatic heterocycles. The van der Waals surface area contributed by atoms with Crippen LogP contribution in [0.5, 0.6) is 0 Å². The molecule has 1 aromatic rings. The zero-order chi connectivity index (χ0) is 17.7. The molecule has 0 aliphatic carbocycles. The van der Waals surface area contributed by atoms with Crippen molar-refractivity contribution < 1.29 is 18.4 Å². The average Bonchev–Trinajstić information content (AvgIpc) is 2.82. The third-order valence-corrected chi connectivity index (χ3v) is 4.26. The number of hydrogen-bond donors (Lipinski definition) is 2. The number of urea groups is 1. The van der Waals surface area contributed by atoms with E-state index in [0.717, 1.165) is 11.1 Å². The van der Waals surface area contributed by atoms with Gasteiger partial charge in [-0.3, -0.25) is 13.9 Å². The van der Waals surface area contributed by atoms with Gasteiger partial charge >= 0.3 is 6.03 Å². The molecule has 0 radical (unpaired) electrons. The standard InChI is InChI=1S/C16H21N3O4S/c1-3-14-11(2)10-19(15(14)20)16(21)17-9-8-12-4-6-13(7-5-12)18-24(22)23/h4-7,18H,3,8-10H2,1-2H3,(H,17,21)(H,22,23)/p-1. The van der Waals surface area contributed by atoms with E-state index in [9.17, 15) is 18.4 Å². The van der Waals surface area contributed by atoms with Crippen LogP contribution in [0.1, 0.15) is 25.8 Å². The highest BCUT2D eigenvalue weighted by atomic mass is 32.2. The van der Waals surface area contributed by atoms with Gasteiger partial charge in [0.25, 0.3) is 5.91 Å². The average molecular weight is 350 g/mol. The summed E-state index contributed by atoms with van der Waals surface area (Å²) < 4.78 is 23.3. The molecule has 1 unspecified atom stereocenters. The molecule has 0 saturated heterocycles. The number of benzene rings is 1. The van der Waals surface area contributed by atoms with Gasteiger partial charge < -0.3 is 14.6 Å². The van der Waals surface area contributed by atoms with E-state index in [0.29, 0.717) is 37.2 Å². The Balaban J connectivity index is 1.81. The van der Waals surface area contributed by atoms with Gasteiger partial charge in [-0.1, -0.05) is 19.1 Å². The zero-order valence-electron chi connectivity index (χ0n) is 13.6. The van der Waals surface area contributed by atoms with Gasteiger partial charge in [0.2, 0.25) is 0 Å². The van der Waals surface area contributed by atoms with E-state index in [1.165, 1.54) is 4.90 Å². The molecule has 1 aliphatic heterocycles. The maximum absolute atomic E-state index is 12.1. The van der Waals surface area contributed by atoms with Crippen molar-refractivity contribution in [3.63, 3.8) is 0 Å². The molecule has 24 heavy (non-hydrogen) atoms. The summed E-state index contributed by atoms with van der Waals surface area (Å²) >= 11 is -2.34. The summed E-state index contributed by atoms with van der Waals surface area (Å²) in [6.07, 6.45) is 1.21. The summed E-state index contributed by atoms with van der Waals surface area (Å²) in [5.74, 6) is -0.214. The summed E-state index contributed by atoms with van der Waals surface area (Å²) in [6.45, 7) is 4.51. The summed E-state index contributed by atoms with van der Waals surface area (Å²) in [4.78, 5) is 25.4. The molecule has 2 N–H and O–H groups in total. The first kappa shape index (κ1) is 18.2. The van der Waals surface area contributed by atoms with Crippen molar-refractivity contribution in [1.82, 2.24) is 10.2 Å². The van der Waals surface area contributed by atoms with E-state index in [4.69, 9.17) is 0 Å². The zero-order valence-corrected chi connectivity index (χ0v) is 14.4. The normalized spacial score (nSPS) is 15.6. The highest BCUT2D eigenvalue weighted by Crippen LogP contribution is 2.21. The first-order valence-corrected chi connectivity index (χ1v) is 8.73. The van der Waals surface area contributed by atoms with Crippen LogP contribution in [-0.2, 0) is 22.5 Å². The predicted octanol–water partition coefficient (Wildman–Crippen LogP) is 1.71. The van der Waals surface area contributed by atoms with Crippen LogP contribution < -0.4 is 10.0 Å². The Labute approximate surface area is 143 Å². The Kier molecular flexibility index (Phi) is 6.10. The second kappa shape index (κ2) is 8.07. The largest absolute Gasteiger partial charge is 0.755 e. The lowest BCUT2D eigenvalue weighted by Gasteiger charge is -2.16. The molecule has 130 valence electrons. The summed E-state index contributed by atoms with van der Waals surface area (Å²) in [7, 11) is 0. The van der Waals surface area contributed by atoms with Crippen molar-refractivity contribution >= 4 is 28.9 Å². The van der Waals surface area contributed by atoms with Crippen LogP contribution in [-0.4, -0.2) is 38.7 Å². The second-order valence-corrected chi connectivity index (χ2v) is 6.19. The van der Waals surface area contributed by atoms with E-state index in [1.54, 1.807) is 24.3 Å². The van der Waals surface area contributed by atoms with Crippen LogP contribution >= 0.6 is 0 Å². The molecule has 1 aliphatic rings. The third kappa shape index (κ3) is 4.42. The van der Waals surface area contributed by atoms with Gasteiger partial charge in [0.05, 0.1) is 6.54 Å². The fourth-order valence-corrected chi connectivity index (χ4v) is 2.94. The molecule has 0 fully saturated rings. The first-order chi connectivity index (χ1) is 11.4. The Morgan fingerprint density at radius 1 is 1.33 bits per heavy atom. The lowest BCUT2D eigenvalue weighted by molar-refractivity contribution is -0.123. The molecule has 0 bridgehead atoms. The number of nitrogens with one attached hydrogen (secondary N) is 2. The van der Waals surface area contributed by atoms with Gasteiger partial charge in [-0.2, -0.15) is 0 Å². The molecule has 3 amide bonds. The Hall–Kier alpha value is -2.19. The molecule has 1 heterocycles. The summed E-state index contributed by atoms with van der Waals surface area (Å²) in [5, 5.41) is 2.74. The molecule has 0 saturated carbocycles. The van der Waals surface area contributed by atoms with Crippen LogP contribution in [0, 0.1) is 0 Å². The number of carbonyl (C=O) groups is 2. The van der Waals surface area contributed by atoms with Crippen molar-refractivity contribution in [1.29, 1.82) is 0 Å². The molecule has 1 aromatic carbocycles. The molecular weight excluding hydrogens is 330 g/mol. The fourth-order valence-electron chi connectivity index (χ4n) is 2.61. The van der Waals surface area contributed by atoms with Crippen molar-refractivity contribution in [3.05, 3.63) is 41.0 Å². The second-order valence-electron chi connectivity index (χ2n) is 5.52. The Morgan fingerprint density at radius 2 is 2.00 bits per heavy atom. The molecular formula is C16H20N3O4S-. The number of hydrogen-bond acceptors (Lipinski definition) is 4. The summed E-state index contributed by atoms with van der Waals surface area (Å²) in [5.41, 5.74) is 3.08. The Morgan fingerprint density at radius 3 is 2.54 bits per heavy atom. The van der Waals surface area contributed by atoms with E-state index < -0.39 is 11.3 Å². The monoisotopic (exact) mass is 350 g/mol. The van der Waals surface area contributed by atoms with Crippen LogP contribution in [0.4, 0.5) is 10.5 Å². The van der Waals surface area contributed by atoms with Gasteiger partial charge in [-0.05, 0) is 43.0 Å². The lowest BCUT2D eigenvalue weighted by atomic mass is 10.1. The number of anilines is 1. The van der Waals surface area contributed by atoms with Crippen molar-refractivity contribution in [3.8, 4) is 0 Å². The highest BCUT2D eigenvalue weighted by molar-refractivity contribution is 7.80. The number of nitrogens with zero attached hydrogens (tertiary/aromatic N) is 1. The van der Waals surface area contributed by atoms with Gasteiger partial charge in [0, 0.05) is 29.1 Å². The number of carbonyl (C=O) groups excluding carboxylic acids is 2. The first-order valence-electron chi connectivity index (χ1n) is 7.65. The molecule has 0 spiro atoms. The van der Waals surface area contributed by atoms with Gasteiger partial charge in [-0.25, -0.2) is 4.79 Å². The van der Waals surface area contributed by atoms with E-state index in [2.05, 4.69) is 10.0 Å². The molecule has 7 nitrogen and oxygen atoms in total. The maximum Gasteiger partial charge on any atom is 0.324 e. The predicted molar refractivity (Wildman–Crippen MR) is 90.8 cm³/mol. The number of rotatable bonds is 6. The van der Waals surface area contributed by atoms with Crippen LogP contribution in [0.2, 0.25) is 0 Å². The van der Waals surface area contributed by atoms with Crippen molar-refractivity contribution in [2.45, 2.75) is 26.7 Å². The Bertz CT molecular complexity index is 685. The third-order valence-electron chi connectivity index (χ3n) is 3.86. The SMILES string of the molecule is CCC1=C(C)CN(C(=O)NCCc2ccc(NS(=O)[O-])cc2)C1=O. The van der Waals surface area contributed by atoms with Crippen molar-refractivity contribution in [2.24, 2.45) is 0 Å². The smallest absolute Gasteiger partial charge is 0.324 e. The quantitative estimate of drug-likeness (QED) is 0.763. The molecule has 8 heteroatoms. The van der Waals surface area contributed by atoms with Crippen LogP contribution in [0.3, 0.4) is 0 Å². The number of amides is 3. The fraction of sp³-hybridized carbons (Fsp3) is 0.375. The van der Waals surface area contributed by atoms with E-state index >= 15 is 0 Å². The van der Waals surface area contributed by atoms with Gasteiger partial charge in [0.15, 0.2) is 0 Å². The number of imide groups is 1. The van der Waals surface area contributed by atoms with E-state index in [-0.39, 0.29) is 11.9 Å². The minimum atomic E-state index is -2.34. The van der Waals surface area contributed by atoms with Gasteiger partial charge in [0.1, 0.15) is 0 Å². The molecule has 1 atom stereocenters. The highest BCUT2D eigenvalue weighted by Gasteiger charge is 2.31. The maximum atomic E-state index is 12.1. The minimum Gasteiger partial charge on any atom is -0.755 e. The minimum absolute atomic E-state index is 0.214. The topological polar surface area (TPSA) is 102 Å². The van der Waals surface area contributed by atoms with Crippen LogP contribution in [0.15, 0.2) is 35.4 Å². The molecule has 2 rings (SSSR count). The van der Waals surface area contributed by atoms with E-state index in [1.807, 2.05) is 13.8 Å². The van der Waals surface area contributed by atoms with Crippen LogP contribution in [0.25, 0.3) is 0 Å². The lowest BCUT2D eigenvalue weighted by Crippen LogP contribution is -2.42. The van der Waals surface area contributed by atoms with Crippen molar-refractivity contribution in [2.75, 3.05) is 17.8 Å². The van der Waals surface area contributed by atoms with Gasteiger partial charge in [-0.15, -0.1) is 0 Å². The summed E-state index contributed by atoms with van der Waals surface area (Å²) in [6, 6.07) is 6.48.